The first kappa shape index (κ1) is 15.4. The molecule has 1 aromatic heterocycles. The van der Waals surface area contributed by atoms with Crippen LogP contribution < -0.4 is 5.62 Å². The van der Waals surface area contributed by atoms with Crippen molar-refractivity contribution in [2.24, 2.45) is 0 Å². The number of imidazole rings is 1. The third kappa shape index (κ3) is 2.87. The van der Waals surface area contributed by atoms with Crippen molar-refractivity contribution in [1.82, 2.24) is 9.13 Å². The summed E-state index contributed by atoms with van der Waals surface area (Å²) in [5, 5.41) is 9.09. The minimum atomic E-state index is -0.385. The van der Waals surface area contributed by atoms with E-state index in [0.717, 1.165) is 16.6 Å². The highest BCUT2D eigenvalue weighted by atomic mass is 35.5. The molecule has 0 atom stereocenters. The summed E-state index contributed by atoms with van der Waals surface area (Å²) < 4.78 is 8.20. The van der Waals surface area contributed by atoms with Gasteiger partial charge in [0.2, 0.25) is 5.62 Å². The van der Waals surface area contributed by atoms with Gasteiger partial charge < -0.3 is 9.30 Å². The highest BCUT2D eigenvalue weighted by Gasteiger charge is 2.14. The second kappa shape index (κ2) is 6.30. The van der Waals surface area contributed by atoms with E-state index in [1.807, 2.05) is 53.1 Å². The second-order valence-corrected chi connectivity index (χ2v) is 5.56. The maximum atomic E-state index is 11.6. The zero-order valence-corrected chi connectivity index (χ0v) is 13.4. The number of para-hydroxylation sites is 2. The third-order valence-corrected chi connectivity index (χ3v) is 4.14. The molecule has 0 bridgehead atoms. The van der Waals surface area contributed by atoms with Crippen LogP contribution in [0.3, 0.4) is 0 Å². The molecule has 1 N–H and O–H groups in total. The summed E-state index contributed by atoms with van der Waals surface area (Å²) in [6.45, 7) is 0.471. The zero-order valence-electron chi connectivity index (χ0n) is 12.6. The first-order valence-corrected chi connectivity index (χ1v) is 7.52. The van der Waals surface area contributed by atoms with Gasteiger partial charge >= 0.3 is 5.97 Å². The number of methoxy groups -OCH3 is 1. The Labute approximate surface area is 138 Å². The predicted molar refractivity (Wildman–Crippen MR) is 88.4 cm³/mol. The minimum absolute atomic E-state index is 0.00533. The molecule has 0 spiro atoms. The Morgan fingerprint density at radius 2 is 1.70 bits per heavy atom. The SMILES string of the molecule is COC(=O)Cn1c(=N)n(Cc2ccccc2Cl)c2ccccc21. The van der Waals surface area contributed by atoms with Crippen molar-refractivity contribution in [3.63, 3.8) is 0 Å². The molecular weight excluding hydrogens is 314 g/mol. The lowest BCUT2D eigenvalue weighted by molar-refractivity contribution is -0.141. The lowest BCUT2D eigenvalue weighted by Crippen LogP contribution is -2.28. The minimum Gasteiger partial charge on any atom is -0.468 e. The molecule has 3 rings (SSSR count). The highest BCUT2D eigenvalue weighted by Crippen LogP contribution is 2.19. The van der Waals surface area contributed by atoms with Gasteiger partial charge in [0.05, 0.1) is 24.7 Å². The number of esters is 1. The molecule has 1 heterocycles. The fourth-order valence-electron chi connectivity index (χ4n) is 2.61. The molecule has 0 radical (unpaired) electrons. The number of fused-ring (bicyclic) bond motifs is 1. The van der Waals surface area contributed by atoms with Gasteiger partial charge in [0.1, 0.15) is 6.54 Å². The normalized spacial score (nSPS) is 10.9. The molecule has 5 nitrogen and oxygen atoms in total. The van der Waals surface area contributed by atoms with E-state index in [-0.39, 0.29) is 18.1 Å². The zero-order chi connectivity index (χ0) is 16.4. The van der Waals surface area contributed by atoms with Crippen molar-refractivity contribution < 1.29 is 9.53 Å². The molecule has 0 aliphatic heterocycles. The quantitative estimate of drug-likeness (QED) is 0.748. The fraction of sp³-hybridized carbons (Fsp3) is 0.176. The molecular formula is C17H16ClN3O2. The van der Waals surface area contributed by atoms with Crippen molar-refractivity contribution in [1.29, 1.82) is 5.41 Å². The Morgan fingerprint density at radius 1 is 1.09 bits per heavy atom. The van der Waals surface area contributed by atoms with Gasteiger partial charge in [0, 0.05) is 5.02 Å². The van der Waals surface area contributed by atoms with E-state index in [4.69, 9.17) is 21.7 Å². The summed E-state index contributed by atoms with van der Waals surface area (Å²) in [6.07, 6.45) is 0. The van der Waals surface area contributed by atoms with Gasteiger partial charge in [-0.1, -0.05) is 41.9 Å². The van der Waals surface area contributed by atoms with Crippen LogP contribution in [0.25, 0.3) is 11.0 Å². The van der Waals surface area contributed by atoms with Crippen LogP contribution in [-0.4, -0.2) is 22.2 Å². The van der Waals surface area contributed by atoms with Crippen LogP contribution in [0.15, 0.2) is 48.5 Å². The molecule has 0 unspecified atom stereocenters. The monoisotopic (exact) mass is 329 g/mol. The largest absolute Gasteiger partial charge is 0.468 e. The van der Waals surface area contributed by atoms with E-state index < -0.39 is 0 Å². The number of benzene rings is 2. The van der Waals surface area contributed by atoms with Gasteiger partial charge in [-0.25, -0.2) is 0 Å². The summed E-state index contributed by atoms with van der Waals surface area (Å²) in [5.41, 5.74) is 2.85. The van der Waals surface area contributed by atoms with Crippen LogP contribution in [0, 0.1) is 5.41 Å². The van der Waals surface area contributed by atoms with Gasteiger partial charge in [-0.2, -0.15) is 0 Å². The van der Waals surface area contributed by atoms with Crippen LogP contribution in [0.1, 0.15) is 5.56 Å². The highest BCUT2D eigenvalue weighted by molar-refractivity contribution is 6.31. The topological polar surface area (TPSA) is 60.0 Å². The Morgan fingerprint density at radius 3 is 2.35 bits per heavy atom. The van der Waals surface area contributed by atoms with Crippen molar-refractivity contribution in [3.8, 4) is 0 Å². The van der Waals surface area contributed by atoms with Gasteiger partial charge in [0.15, 0.2) is 0 Å². The molecule has 2 aromatic carbocycles. The van der Waals surface area contributed by atoms with Crippen molar-refractivity contribution >= 4 is 28.6 Å². The van der Waals surface area contributed by atoms with Gasteiger partial charge in [-0.05, 0) is 23.8 Å². The Bertz CT molecular complexity index is 927. The fourth-order valence-corrected chi connectivity index (χ4v) is 2.80. The van der Waals surface area contributed by atoms with Gasteiger partial charge in [0.25, 0.3) is 0 Å². The summed E-state index contributed by atoms with van der Waals surface area (Å²) in [5.74, 6) is -0.385. The maximum Gasteiger partial charge on any atom is 0.325 e. The maximum absolute atomic E-state index is 11.6. The van der Waals surface area contributed by atoms with Crippen molar-refractivity contribution in [2.75, 3.05) is 7.11 Å². The van der Waals surface area contributed by atoms with E-state index in [2.05, 4.69) is 0 Å². The molecule has 0 saturated carbocycles. The number of nitrogens with zero attached hydrogens (tertiary/aromatic N) is 2. The van der Waals surface area contributed by atoms with E-state index in [0.29, 0.717) is 11.6 Å². The number of rotatable bonds is 4. The summed E-state index contributed by atoms with van der Waals surface area (Å²) >= 11 is 6.24. The van der Waals surface area contributed by atoms with E-state index in [1.165, 1.54) is 7.11 Å². The van der Waals surface area contributed by atoms with Crippen LogP contribution in [0.5, 0.6) is 0 Å². The summed E-state index contributed by atoms with van der Waals surface area (Å²) in [4.78, 5) is 11.6. The number of halogens is 1. The molecule has 3 aromatic rings. The first-order valence-electron chi connectivity index (χ1n) is 7.14. The summed E-state index contributed by atoms with van der Waals surface area (Å²) in [7, 11) is 1.34. The van der Waals surface area contributed by atoms with Gasteiger partial charge in [-0.15, -0.1) is 0 Å². The standard InChI is InChI=1S/C17H16ClN3O2/c1-23-16(22)11-21-15-9-5-4-8-14(15)20(17(21)19)10-12-6-2-3-7-13(12)18/h2-9,19H,10-11H2,1H3. The van der Waals surface area contributed by atoms with Crippen LogP contribution in [0.2, 0.25) is 5.02 Å². The number of hydrogen-bond donors (Lipinski definition) is 1. The average Bonchev–Trinajstić information content (AvgIpc) is 2.82. The Kier molecular flexibility index (Phi) is 4.21. The van der Waals surface area contributed by atoms with Gasteiger partial charge in [-0.3, -0.25) is 14.8 Å². The smallest absolute Gasteiger partial charge is 0.325 e. The van der Waals surface area contributed by atoms with E-state index in [9.17, 15) is 4.79 Å². The number of carbonyl (C=O) groups is 1. The Balaban J connectivity index is 2.14. The number of hydrogen-bond acceptors (Lipinski definition) is 3. The number of nitrogens with one attached hydrogen (secondary N) is 1. The second-order valence-electron chi connectivity index (χ2n) is 5.15. The molecule has 6 heteroatoms. The third-order valence-electron chi connectivity index (χ3n) is 3.78. The molecule has 0 aliphatic carbocycles. The van der Waals surface area contributed by atoms with Crippen LogP contribution >= 0.6 is 11.6 Å². The summed E-state index contributed by atoms with van der Waals surface area (Å²) in [6, 6.07) is 15.2. The van der Waals surface area contributed by atoms with Crippen LogP contribution in [0.4, 0.5) is 0 Å². The van der Waals surface area contributed by atoms with Crippen molar-refractivity contribution in [2.45, 2.75) is 13.1 Å². The number of ether oxygens (including phenoxy) is 1. The molecule has 118 valence electrons. The average molecular weight is 330 g/mol. The molecule has 0 aliphatic rings. The molecule has 0 saturated heterocycles. The number of carbonyl (C=O) groups excluding carboxylic acids is 1. The lowest BCUT2D eigenvalue weighted by Gasteiger charge is -2.06. The molecule has 0 fully saturated rings. The van der Waals surface area contributed by atoms with Crippen molar-refractivity contribution in [3.05, 3.63) is 64.7 Å². The predicted octanol–water partition coefficient (Wildman–Crippen LogP) is 2.80. The lowest BCUT2D eigenvalue weighted by atomic mass is 10.2. The molecule has 0 amide bonds. The molecule has 23 heavy (non-hydrogen) atoms. The Hall–Kier alpha value is -2.53. The van der Waals surface area contributed by atoms with E-state index >= 15 is 0 Å². The first-order chi connectivity index (χ1) is 11.1. The van der Waals surface area contributed by atoms with E-state index in [1.54, 1.807) is 4.57 Å². The van der Waals surface area contributed by atoms with Crippen LogP contribution in [-0.2, 0) is 22.6 Å². The number of aromatic nitrogens is 2.